The molecule has 0 aliphatic carbocycles. The fraction of sp³-hybridized carbons (Fsp3) is 0. The summed E-state index contributed by atoms with van der Waals surface area (Å²) in [6.07, 6.45) is 6.50. The van der Waals surface area contributed by atoms with Crippen molar-refractivity contribution in [1.82, 2.24) is 4.48 Å². The predicted octanol–water partition coefficient (Wildman–Crippen LogP) is 3.01. The van der Waals surface area contributed by atoms with E-state index in [0.29, 0.717) is 17.7 Å². The summed E-state index contributed by atoms with van der Waals surface area (Å²) in [6, 6.07) is 5.30. The first-order valence-electron chi connectivity index (χ1n) is 6.41. The number of hydrogen-bond acceptors (Lipinski definition) is 2. The fourth-order valence-electron chi connectivity index (χ4n) is 2.84. The van der Waals surface area contributed by atoms with E-state index in [9.17, 15) is 13.4 Å². The minimum absolute atomic E-state index is 0.256. The van der Waals surface area contributed by atoms with Crippen LogP contribution in [-0.4, -0.2) is 28.4 Å². The summed E-state index contributed by atoms with van der Waals surface area (Å²) in [7, 11) is 0. The minimum atomic E-state index is -3.97. The lowest BCUT2D eigenvalue weighted by atomic mass is 9.88. The van der Waals surface area contributed by atoms with Gasteiger partial charge < -0.3 is 17.6 Å². The molecule has 3 nitrogen and oxygen atoms in total. The summed E-state index contributed by atoms with van der Waals surface area (Å²) in [5, 5.41) is 1.90. The molecule has 0 unspecified atom stereocenters. The topological polar surface area (TPSA) is 25.0 Å². The quantitative estimate of drug-likeness (QED) is 0.618. The molecule has 7 heteroatoms. The molecule has 0 radical (unpaired) electrons. The summed E-state index contributed by atoms with van der Waals surface area (Å²) in [5.74, 6) is 0. The van der Waals surface area contributed by atoms with Crippen molar-refractivity contribution in [3.05, 3.63) is 63.8 Å². The van der Waals surface area contributed by atoms with E-state index in [1.165, 1.54) is 29.8 Å². The molecule has 4 rings (SSSR count). The van der Waals surface area contributed by atoms with Gasteiger partial charge in [-0.25, -0.2) is 0 Å². The number of aromatic nitrogens is 1. The molecular formula is C14H9BF2N2OS. The first-order valence-corrected chi connectivity index (χ1v) is 7.29. The highest BCUT2D eigenvalue weighted by Crippen LogP contribution is 2.40. The van der Waals surface area contributed by atoms with Crippen LogP contribution >= 0.6 is 11.3 Å². The fourth-order valence-corrected chi connectivity index (χ4v) is 3.63. The van der Waals surface area contributed by atoms with Crippen LogP contribution in [0.4, 0.5) is 8.63 Å². The van der Waals surface area contributed by atoms with E-state index in [1.807, 2.05) is 17.5 Å². The standard InChI is InChI=1S/C14H9BF2N2OS/c16-15(17)18-5-1-3-11(18)14(13-4-2-6-21-13)12-7-10(9-20)8-19(12)15/h1-9H. The Balaban J connectivity index is 2.09. The van der Waals surface area contributed by atoms with E-state index in [-0.39, 0.29) is 5.56 Å². The van der Waals surface area contributed by atoms with Crippen LogP contribution in [-0.2, 0) is 0 Å². The molecule has 2 aliphatic heterocycles. The van der Waals surface area contributed by atoms with Crippen molar-refractivity contribution < 1.29 is 17.9 Å². The molecule has 21 heavy (non-hydrogen) atoms. The van der Waals surface area contributed by atoms with Crippen molar-refractivity contribution in [2.45, 2.75) is 0 Å². The highest BCUT2D eigenvalue weighted by atomic mass is 32.1. The lowest BCUT2D eigenvalue weighted by molar-refractivity contribution is -0.356. The van der Waals surface area contributed by atoms with Crippen LogP contribution < -0.4 is 0 Å². The summed E-state index contributed by atoms with van der Waals surface area (Å²) >= 11 is 1.49. The molecule has 0 saturated carbocycles. The number of rotatable bonds is 2. The summed E-state index contributed by atoms with van der Waals surface area (Å²) in [4.78, 5) is 11.9. The van der Waals surface area contributed by atoms with E-state index < -0.39 is 6.97 Å². The Morgan fingerprint density at radius 3 is 2.95 bits per heavy atom. The number of allylic oxidation sites excluding steroid dienone is 2. The van der Waals surface area contributed by atoms with Crippen LogP contribution in [0.3, 0.4) is 0 Å². The van der Waals surface area contributed by atoms with Gasteiger partial charge in [0.2, 0.25) is 0 Å². The van der Waals surface area contributed by atoms with Crippen LogP contribution in [0.25, 0.3) is 5.57 Å². The highest BCUT2D eigenvalue weighted by Gasteiger charge is 2.51. The van der Waals surface area contributed by atoms with Gasteiger partial charge in [0.1, 0.15) is 6.21 Å². The largest absolute Gasteiger partial charge is 0.737 e. The predicted molar refractivity (Wildman–Crippen MR) is 79.0 cm³/mol. The van der Waals surface area contributed by atoms with E-state index in [4.69, 9.17) is 0 Å². The highest BCUT2D eigenvalue weighted by molar-refractivity contribution is 7.11. The second-order valence-corrected chi connectivity index (χ2v) is 5.87. The van der Waals surface area contributed by atoms with Crippen LogP contribution in [0.15, 0.2) is 47.6 Å². The average molecular weight is 302 g/mol. The van der Waals surface area contributed by atoms with Gasteiger partial charge in [0.15, 0.2) is 12.0 Å². The van der Waals surface area contributed by atoms with E-state index in [1.54, 1.807) is 12.2 Å². The maximum Gasteiger partial charge on any atom is 0.737 e. The van der Waals surface area contributed by atoms with Gasteiger partial charge in [-0.3, -0.25) is 4.79 Å². The van der Waals surface area contributed by atoms with Crippen LogP contribution in [0.1, 0.15) is 20.9 Å². The summed E-state index contributed by atoms with van der Waals surface area (Å²) in [6.45, 7) is -3.97. The molecule has 2 aromatic heterocycles. The molecule has 2 aromatic rings. The Labute approximate surface area is 123 Å². The van der Waals surface area contributed by atoms with Gasteiger partial charge in [0.05, 0.1) is 5.57 Å². The van der Waals surface area contributed by atoms with Gasteiger partial charge in [-0.1, -0.05) is 6.07 Å². The second kappa shape index (κ2) is 4.11. The molecule has 0 aromatic carbocycles. The number of fused-ring (bicyclic) bond motifs is 2. The Hall–Kier alpha value is -2.28. The molecule has 0 atom stereocenters. The van der Waals surface area contributed by atoms with Gasteiger partial charge >= 0.3 is 6.97 Å². The molecular weight excluding hydrogens is 293 g/mol. The zero-order valence-electron chi connectivity index (χ0n) is 10.7. The van der Waals surface area contributed by atoms with Crippen molar-refractivity contribution in [3.8, 4) is 0 Å². The van der Waals surface area contributed by atoms with Gasteiger partial charge in [-0.05, 0) is 23.7 Å². The Kier molecular flexibility index (Phi) is 2.44. The molecule has 0 amide bonds. The monoisotopic (exact) mass is 302 g/mol. The molecule has 0 bridgehead atoms. The van der Waals surface area contributed by atoms with Crippen LogP contribution in [0.5, 0.6) is 0 Å². The number of nitrogens with zero attached hydrogens (tertiary/aromatic N) is 2. The number of hydrogen-bond donors (Lipinski definition) is 0. The van der Waals surface area contributed by atoms with Crippen LogP contribution in [0, 0.1) is 0 Å². The van der Waals surface area contributed by atoms with Crippen LogP contribution in [0.2, 0.25) is 0 Å². The van der Waals surface area contributed by atoms with E-state index in [0.717, 1.165) is 19.4 Å². The molecule has 104 valence electrons. The van der Waals surface area contributed by atoms with Gasteiger partial charge in [-0.2, -0.15) is 0 Å². The molecule has 0 fully saturated rings. The number of carbonyl (C=O) groups excluding carboxylic acids is 1. The number of halogens is 2. The first-order chi connectivity index (χ1) is 10.1. The van der Waals surface area contributed by atoms with Gasteiger partial charge in [-0.15, -0.1) is 11.3 Å². The number of thiophene rings is 1. The van der Waals surface area contributed by atoms with Crippen molar-refractivity contribution in [1.29, 1.82) is 0 Å². The zero-order chi connectivity index (χ0) is 14.6. The van der Waals surface area contributed by atoms with Crippen molar-refractivity contribution in [3.63, 3.8) is 0 Å². The Morgan fingerprint density at radius 1 is 1.38 bits per heavy atom. The van der Waals surface area contributed by atoms with Crippen molar-refractivity contribution in [2.75, 3.05) is 0 Å². The number of carbonyl (C=O) groups is 1. The lowest BCUT2D eigenvalue weighted by Gasteiger charge is -2.30. The van der Waals surface area contributed by atoms with Crippen molar-refractivity contribution in [2.24, 2.45) is 0 Å². The Bertz CT molecular complexity index is 846. The summed E-state index contributed by atoms with van der Waals surface area (Å²) in [5.41, 5.74) is 1.85. The third kappa shape index (κ3) is 1.58. The molecule has 0 N–H and O–H groups in total. The maximum absolute atomic E-state index is 14.7. The maximum atomic E-state index is 14.7. The molecule has 4 heterocycles. The third-order valence-corrected chi connectivity index (χ3v) is 4.62. The van der Waals surface area contributed by atoms with E-state index >= 15 is 0 Å². The lowest BCUT2D eigenvalue weighted by Crippen LogP contribution is -2.49. The minimum Gasteiger partial charge on any atom is -0.395 e. The zero-order valence-corrected chi connectivity index (χ0v) is 11.6. The van der Waals surface area contributed by atoms with Gasteiger partial charge in [0, 0.05) is 28.3 Å². The van der Waals surface area contributed by atoms with Crippen molar-refractivity contribution >= 4 is 36.4 Å². The molecule has 0 spiro atoms. The number of aldehydes is 1. The average Bonchev–Trinajstić information content (AvgIpc) is 3.19. The SMILES string of the molecule is O=Cc1cc2n(c1)[B-](F)(F)[N+]1=CC=CC1=C2c1cccs1. The smallest absolute Gasteiger partial charge is 0.395 e. The second-order valence-electron chi connectivity index (χ2n) is 4.93. The third-order valence-electron chi connectivity index (χ3n) is 3.73. The molecule has 0 saturated heterocycles. The first kappa shape index (κ1) is 12.5. The van der Waals surface area contributed by atoms with E-state index in [2.05, 4.69) is 0 Å². The summed E-state index contributed by atoms with van der Waals surface area (Å²) < 4.78 is 31.2. The van der Waals surface area contributed by atoms with Gasteiger partial charge in [0.25, 0.3) is 0 Å². The Morgan fingerprint density at radius 2 is 2.24 bits per heavy atom. The molecule has 2 aliphatic rings. The normalized spacial score (nSPS) is 18.5.